The fraction of sp³-hybridized carbons (Fsp3) is 0.875. The smallest absolute Gasteiger partial charge is 0.411 e. The molecule has 0 spiro atoms. The second-order valence-corrected chi connectivity index (χ2v) is 7.28. The molecule has 1 amide bonds. The van der Waals surface area contributed by atoms with Gasteiger partial charge in [-0.1, -0.05) is 0 Å². The topological polar surface area (TPSA) is 91.1 Å². The minimum atomic E-state index is -0.605. The highest BCUT2D eigenvalue weighted by Crippen LogP contribution is 2.60. The van der Waals surface area contributed by atoms with Crippen LogP contribution in [0.15, 0.2) is 0 Å². The third-order valence-electron chi connectivity index (χ3n) is 4.23. The fourth-order valence-corrected chi connectivity index (χ4v) is 3.22. The van der Waals surface area contributed by atoms with Crippen molar-refractivity contribution in [2.45, 2.75) is 58.2 Å². The van der Waals surface area contributed by atoms with Crippen LogP contribution in [0.25, 0.3) is 0 Å². The molecule has 132 valence electrons. The number of nitrogens with two attached hydrogens (primary N) is 1. The first-order chi connectivity index (χ1) is 10.7. The summed E-state index contributed by atoms with van der Waals surface area (Å²) in [5, 5.41) is 0. The number of ether oxygens (including phenoxy) is 3. The number of rotatable bonds is 6. The summed E-state index contributed by atoms with van der Waals surface area (Å²) in [6.07, 6.45) is 0.922. The Bertz CT molecular complexity index is 462. The molecule has 0 bridgehead atoms. The molecule has 1 saturated heterocycles. The van der Waals surface area contributed by atoms with E-state index >= 15 is 0 Å². The molecule has 2 rings (SSSR count). The lowest BCUT2D eigenvalue weighted by Gasteiger charge is -2.29. The lowest BCUT2D eigenvalue weighted by atomic mass is 10.0. The van der Waals surface area contributed by atoms with Crippen molar-refractivity contribution in [2.75, 3.05) is 26.4 Å². The maximum Gasteiger partial charge on any atom is 0.411 e. The van der Waals surface area contributed by atoms with Gasteiger partial charge < -0.3 is 19.9 Å². The summed E-state index contributed by atoms with van der Waals surface area (Å²) < 4.78 is 16.2. The zero-order valence-electron chi connectivity index (χ0n) is 14.5. The Kier molecular flexibility index (Phi) is 5.20. The summed E-state index contributed by atoms with van der Waals surface area (Å²) in [7, 11) is 0. The SMILES string of the molecule is CCOC(=O)[C@@H]1C[C@]2(COCCN)C[C@@H]2N1C(=O)OC(C)(C)C. The number of carbonyl (C=O) groups is 2. The van der Waals surface area contributed by atoms with Gasteiger partial charge in [-0.25, -0.2) is 9.59 Å². The average molecular weight is 328 g/mol. The molecule has 7 nitrogen and oxygen atoms in total. The number of amides is 1. The van der Waals surface area contributed by atoms with Gasteiger partial charge in [-0.2, -0.15) is 0 Å². The number of piperidine rings is 1. The lowest BCUT2D eigenvalue weighted by molar-refractivity contribution is -0.149. The van der Waals surface area contributed by atoms with Crippen molar-refractivity contribution in [3.63, 3.8) is 0 Å². The second-order valence-electron chi connectivity index (χ2n) is 7.28. The molecule has 2 fully saturated rings. The normalized spacial score (nSPS) is 29.2. The highest BCUT2D eigenvalue weighted by atomic mass is 16.6. The molecule has 0 radical (unpaired) electrons. The Morgan fingerprint density at radius 1 is 1.30 bits per heavy atom. The number of hydrogen-bond acceptors (Lipinski definition) is 6. The van der Waals surface area contributed by atoms with E-state index < -0.39 is 17.7 Å². The van der Waals surface area contributed by atoms with Gasteiger partial charge in [0.2, 0.25) is 0 Å². The first kappa shape index (κ1) is 18.0. The predicted octanol–water partition coefficient (Wildman–Crippen LogP) is 1.29. The highest BCUT2D eigenvalue weighted by molar-refractivity contribution is 5.83. The Morgan fingerprint density at radius 3 is 2.57 bits per heavy atom. The zero-order chi connectivity index (χ0) is 17.3. The van der Waals surface area contributed by atoms with Crippen LogP contribution < -0.4 is 5.73 Å². The number of hydrogen-bond donors (Lipinski definition) is 1. The number of esters is 1. The van der Waals surface area contributed by atoms with Crippen molar-refractivity contribution in [3.8, 4) is 0 Å². The van der Waals surface area contributed by atoms with Crippen LogP contribution in [0.3, 0.4) is 0 Å². The summed E-state index contributed by atoms with van der Waals surface area (Å²) in [4.78, 5) is 26.3. The van der Waals surface area contributed by atoms with E-state index in [4.69, 9.17) is 19.9 Å². The minimum Gasteiger partial charge on any atom is -0.464 e. The summed E-state index contributed by atoms with van der Waals surface area (Å²) in [5.74, 6) is -0.372. The largest absolute Gasteiger partial charge is 0.464 e. The van der Waals surface area contributed by atoms with Crippen molar-refractivity contribution in [3.05, 3.63) is 0 Å². The Labute approximate surface area is 137 Å². The van der Waals surface area contributed by atoms with Crippen LogP contribution in [0, 0.1) is 5.41 Å². The van der Waals surface area contributed by atoms with E-state index in [9.17, 15) is 9.59 Å². The highest BCUT2D eigenvalue weighted by Gasteiger charge is 2.68. The summed E-state index contributed by atoms with van der Waals surface area (Å²) >= 11 is 0. The van der Waals surface area contributed by atoms with Gasteiger partial charge in [0.25, 0.3) is 0 Å². The molecule has 1 aliphatic heterocycles. The van der Waals surface area contributed by atoms with E-state index in [1.165, 1.54) is 0 Å². The van der Waals surface area contributed by atoms with Gasteiger partial charge in [0.05, 0.1) is 19.8 Å². The van der Waals surface area contributed by atoms with Gasteiger partial charge in [0.1, 0.15) is 11.6 Å². The molecule has 1 saturated carbocycles. The third kappa shape index (κ3) is 3.95. The number of nitrogens with zero attached hydrogens (tertiary/aromatic N) is 1. The Hall–Kier alpha value is -1.34. The van der Waals surface area contributed by atoms with E-state index in [1.54, 1.807) is 11.8 Å². The molecule has 0 aromatic carbocycles. The zero-order valence-corrected chi connectivity index (χ0v) is 14.5. The summed E-state index contributed by atoms with van der Waals surface area (Å²) in [5.41, 5.74) is 4.68. The lowest BCUT2D eigenvalue weighted by Crippen LogP contribution is -2.46. The summed E-state index contributed by atoms with van der Waals surface area (Å²) in [6, 6.07) is -0.616. The predicted molar refractivity (Wildman–Crippen MR) is 83.8 cm³/mol. The summed E-state index contributed by atoms with van der Waals surface area (Å²) in [6.45, 7) is 8.91. The molecule has 0 unspecified atom stereocenters. The number of fused-ring (bicyclic) bond motifs is 1. The minimum absolute atomic E-state index is 0.0236. The monoisotopic (exact) mass is 328 g/mol. The maximum atomic E-state index is 12.5. The third-order valence-corrected chi connectivity index (χ3v) is 4.23. The van der Waals surface area contributed by atoms with E-state index in [1.807, 2.05) is 20.8 Å². The molecule has 23 heavy (non-hydrogen) atoms. The average Bonchev–Trinajstić information content (AvgIpc) is 3.02. The van der Waals surface area contributed by atoms with Gasteiger partial charge >= 0.3 is 12.1 Å². The molecule has 3 atom stereocenters. The van der Waals surface area contributed by atoms with Crippen molar-refractivity contribution in [1.82, 2.24) is 4.90 Å². The first-order valence-electron chi connectivity index (χ1n) is 8.20. The Balaban J connectivity index is 2.10. The Morgan fingerprint density at radius 2 is 2.00 bits per heavy atom. The van der Waals surface area contributed by atoms with Crippen LogP contribution in [0.2, 0.25) is 0 Å². The molecule has 7 heteroatoms. The van der Waals surface area contributed by atoms with Crippen molar-refractivity contribution >= 4 is 12.1 Å². The van der Waals surface area contributed by atoms with E-state index in [2.05, 4.69) is 0 Å². The van der Waals surface area contributed by atoms with Crippen molar-refractivity contribution < 1.29 is 23.8 Å². The molecule has 1 heterocycles. The molecular weight excluding hydrogens is 300 g/mol. The van der Waals surface area contributed by atoms with Crippen LogP contribution >= 0.6 is 0 Å². The van der Waals surface area contributed by atoms with Gasteiger partial charge in [-0.15, -0.1) is 0 Å². The molecule has 0 aromatic rings. The first-order valence-corrected chi connectivity index (χ1v) is 8.20. The van der Waals surface area contributed by atoms with Crippen LogP contribution in [-0.4, -0.2) is 61.0 Å². The van der Waals surface area contributed by atoms with Gasteiger partial charge in [-0.3, -0.25) is 4.90 Å². The standard InChI is InChI=1S/C16H28N2O5/c1-5-22-13(19)11-8-16(10-21-7-6-17)9-12(16)18(11)14(20)23-15(2,3)4/h11-12H,5-10,17H2,1-4H3/t11-,12-,16+/m0/s1. The fourth-order valence-electron chi connectivity index (χ4n) is 3.22. The van der Waals surface area contributed by atoms with Crippen molar-refractivity contribution in [2.24, 2.45) is 11.1 Å². The van der Waals surface area contributed by atoms with Gasteiger partial charge in [0.15, 0.2) is 0 Å². The van der Waals surface area contributed by atoms with E-state index in [0.717, 1.165) is 6.42 Å². The van der Waals surface area contributed by atoms with Crippen LogP contribution in [0.1, 0.15) is 40.5 Å². The number of likely N-dealkylation sites (tertiary alicyclic amines) is 1. The second kappa shape index (κ2) is 6.65. The molecule has 2 aliphatic rings. The number of carbonyl (C=O) groups excluding carboxylic acids is 2. The molecule has 0 aromatic heterocycles. The van der Waals surface area contributed by atoms with Crippen molar-refractivity contribution in [1.29, 1.82) is 0 Å². The van der Waals surface area contributed by atoms with Crippen LogP contribution in [-0.2, 0) is 19.0 Å². The van der Waals surface area contributed by atoms with E-state index in [0.29, 0.717) is 32.8 Å². The maximum absolute atomic E-state index is 12.5. The van der Waals surface area contributed by atoms with Gasteiger partial charge in [-0.05, 0) is 40.5 Å². The van der Waals surface area contributed by atoms with E-state index in [-0.39, 0.29) is 17.4 Å². The van der Waals surface area contributed by atoms with Crippen LogP contribution in [0.4, 0.5) is 4.79 Å². The van der Waals surface area contributed by atoms with Crippen LogP contribution in [0.5, 0.6) is 0 Å². The molecular formula is C16H28N2O5. The molecule has 1 aliphatic carbocycles. The van der Waals surface area contributed by atoms with Gasteiger partial charge in [0, 0.05) is 18.0 Å². The molecule has 2 N–H and O–H groups in total. The quantitative estimate of drug-likeness (QED) is 0.583.